The predicted molar refractivity (Wildman–Crippen MR) is 87.4 cm³/mol. The Kier molecular flexibility index (Phi) is 4.16. The first-order valence-electron chi connectivity index (χ1n) is 7.00. The first-order chi connectivity index (χ1) is 11.1. The van der Waals surface area contributed by atoms with Gasteiger partial charge in [0.2, 0.25) is 0 Å². The second-order valence-electron chi connectivity index (χ2n) is 5.07. The molecule has 3 aromatic heterocycles. The van der Waals surface area contributed by atoms with Gasteiger partial charge in [0.05, 0.1) is 37.4 Å². The van der Waals surface area contributed by atoms with Gasteiger partial charge in [-0.05, 0) is 13.0 Å². The summed E-state index contributed by atoms with van der Waals surface area (Å²) in [6.07, 6.45) is 8.59. The molecule has 6 nitrogen and oxygen atoms in total. The lowest BCUT2D eigenvalue weighted by Crippen LogP contribution is -2.22. The van der Waals surface area contributed by atoms with Crippen molar-refractivity contribution < 1.29 is 4.74 Å². The molecule has 0 aliphatic rings. The van der Waals surface area contributed by atoms with Crippen molar-refractivity contribution in [3.05, 3.63) is 70.1 Å². The highest BCUT2D eigenvalue weighted by Crippen LogP contribution is 2.19. The number of pyridine rings is 2. The fraction of sp³-hybridized carbons (Fsp3) is 0.188. The molecule has 0 N–H and O–H groups in total. The van der Waals surface area contributed by atoms with Crippen LogP contribution in [0.4, 0.5) is 0 Å². The molecule has 3 rings (SSSR count). The molecule has 0 bridgehead atoms. The van der Waals surface area contributed by atoms with Crippen molar-refractivity contribution in [2.75, 3.05) is 7.11 Å². The molecule has 1 unspecified atom stereocenters. The predicted octanol–water partition coefficient (Wildman–Crippen LogP) is 2.70. The van der Waals surface area contributed by atoms with E-state index in [1.165, 1.54) is 6.07 Å². The molecule has 3 aromatic rings. The fourth-order valence-electron chi connectivity index (χ4n) is 2.28. The van der Waals surface area contributed by atoms with Gasteiger partial charge >= 0.3 is 0 Å². The van der Waals surface area contributed by atoms with Crippen molar-refractivity contribution in [1.82, 2.24) is 19.3 Å². The molecule has 0 saturated carbocycles. The highest BCUT2D eigenvalue weighted by atomic mass is 35.5. The summed E-state index contributed by atoms with van der Waals surface area (Å²) >= 11 is 5.83. The standard InChI is InChI=1S/C16H15ClN4O2/c1-11(20-4-3-13(17)5-16(20)22)12-7-19-21(10-12)14-6-15(23-2)9-18-8-14/h3-11H,1-2H3. The summed E-state index contributed by atoms with van der Waals surface area (Å²) < 4.78 is 8.47. The molecule has 0 amide bonds. The Hall–Kier alpha value is -2.60. The Morgan fingerprint density at radius 3 is 2.83 bits per heavy atom. The van der Waals surface area contributed by atoms with E-state index in [-0.39, 0.29) is 11.6 Å². The average molecular weight is 331 g/mol. The first kappa shape index (κ1) is 15.3. The molecule has 23 heavy (non-hydrogen) atoms. The molecule has 7 heteroatoms. The van der Waals surface area contributed by atoms with E-state index in [1.807, 2.05) is 19.2 Å². The van der Waals surface area contributed by atoms with E-state index in [0.29, 0.717) is 10.8 Å². The topological polar surface area (TPSA) is 61.9 Å². The normalized spacial score (nSPS) is 12.1. The van der Waals surface area contributed by atoms with Crippen LogP contribution < -0.4 is 10.3 Å². The van der Waals surface area contributed by atoms with Crippen LogP contribution in [0.15, 0.2) is 54.0 Å². The summed E-state index contributed by atoms with van der Waals surface area (Å²) in [6.45, 7) is 1.93. The summed E-state index contributed by atoms with van der Waals surface area (Å²) in [4.78, 5) is 16.2. The zero-order valence-corrected chi connectivity index (χ0v) is 13.4. The Bertz CT molecular complexity index is 888. The quantitative estimate of drug-likeness (QED) is 0.738. The smallest absolute Gasteiger partial charge is 0.252 e. The Morgan fingerprint density at radius 2 is 2.09 bits per heavy atom. The van der Waals surface area contributed by atoms with Crippen molar-refractivity contribution in [1.29, 1.82) is 0 Å². The van der Waals surface area contributed by atoms with E-state index in [1.54, 1.807) is 47.2 Å². The number of methoxy groups -OCH3 is 1. The van der Waals surface area contributed by atoms with Gasteiger partial charge in [-0.2, -0.15) is 5.10 Å². The summed E-state index contributed by atoms with van der Waals surface area (Å²) in [6, 6.07) is 4.76. The molecule has 3 heterocycles. The largest absolute Gasteiger partial charge is 0.495 e. The number of halogens is 1. The maximum atomic E-state index is 12.0. The van der Waals surface area contributed by atoms with Crippen LogP contribution in [-0.4, -0.2) is 26.4 Å². The molecule has 0 saturated heterocycles. The summed E-state index contributed by atoms with van der Waals surface area (Å²) in [5.41, 5.74) is 1.53. The third-order valence-electron chi connectivity index (χ3n) is 3.61. The number of hydrogen-bond acceptors (Lipinski definition) is 4. The van der Waals surface area contributed by atoms with Gasteiger partial charge in [-0.15, -0.1) is 0 Å². The van der Waals surface area contributed by atoms with E-state index in [4.69, 9.17) is 16.3 Å². The highest BCUT2D eigenvalue weighted by molar-refractivity contribution is 6.30. The number of rotatable bonds is 4. The number of hydrogen-bond donors (Lipinski definition) is 0. The van der Waals surface area contributed by atoms with E-state index in [0.717, 1.165) is 11.3 Å². The van der Waals surface area contributed by atoms with Gasteiger partial charge in [-0.1, -0.05) is 11.6 Å². The summed E-state index contributed by atoms with van der Waals surface area (Å²) in [5.74, 6) is 0.654. The van der Waals surface area contributed by atoms with Crippen LogP contribution in [0.1, 0.15) is 18.5 Å². The van der Waals surface area contributed by atoms with Crippen LogP contribution in [0.25, 0.3) is 5.69 Å². The van der Waals surface area contributed by atoms with Crippen LogP contribution in [0.2, 0.25) is 5.02 Å². The molecule has 118 valence electrons. The molecule has 0 spiro atoms. The number of ether oxygens (including phenoxy) is 1. The van der Waals surface area contributed by atoms with Crippen LogP contribution >= 0.6 is 11.6 Å². The monoisotopic (exact) mass is 330 g/mol. The molecule has 0 radical (unpaired) electrons. The second-order valence-corrected chi connectivity index (χ2v) is 5.50. The minimum atomic E-state index is -0.160. The van der Waals surface area contributed by atoms with Crippen molar-refractivity contribution in [2.24, 2.45) is 0 Å². The third kappa shape index (κ3) is 3.12. The van der Waals surface area contributed by atoms with Crippen molar-refractivity contribution >= 4 is 11.6 Å². The van der Waals surface area contributed by atoms with E-state index in [2.05, 4.69) is 10.1 Å². The Morgan fingerprint density at radius 1 is 1.26 bits per heavy atom. The SMILES string of the molecule is COc1cncc(-n2cc(C(C)n3ccc(Cl)cc3=O)cn2)c1. The van der Waals surface area contributed by atoms with Crippen LogP contribution in [-0.2, 0) is 0 Å². The van der Waals surface area contributed by atoms with Gasteiger partial charge in [0, 0.05) is 35.1 Å². The zero-order valence-electron chi connectivity index (χ0n) is 12.7. The van der Waals surface area contributed by atoms with E-state index in [9.17, 15) is 4.79 Å². The summed E-state index contributed by atoms with van der Waals surface area (Å²) in [7, 11) is 1.59. The number of nitrogens with zero attached hydrogens (tertiary/aromatic N) is 4. The van der Waals surface area contributed by atoms with Gasteiger partial charge in [0.15, 0.2) is 0 Å². The molecule has 0 aliphatic heterocycles. The Labute approximate surface area is 137 Å². The van der Waals surface area contributed by atoms with Gasteiger partial charge in [0.25, 0.3) is 5.56 Å². The highest BCUT2D eigenvalue weighted by Gasteiger charge is 2.12. The maximum Gasteiger partial charge on any atom is 0.252 e. The summed E-state index contributed by atoms with van der Waals surface area (Å²) in [5, 5.41) is 4.76. The molecular formula is C16H15ClN4O2. The molecule has 0 aliphatic carbocycles. The minimum absolute atomic E-state index is 0.152. The van der Waals surface area contributed by atoms with Crippen molar-refractivity contribution in [3.63, 3.8) is 0 Å². The zero-order chi connectivity index (χ0) is 16.4. The van der Waals surface area contributed by atoms with E-state index < -0.39 is 0 Å². The Balaban J connectivity index is 1.93. The second kappa shape index (κ2) is 6.26. The fourth-order valence-corrected chi connectivity index (χ4v) is 2.43. The van der Waals surface area contributed by atoms with Crippen molar-refractivity contribution in [3.8, 4) is 11.4 Å². The van der Waals surface area contributed by atoms with Crippen LogP contribution in [0, 0.1) is 0 Å². The van der Waals surface area contributed by atoms with E-state index >= 15 is 0 Å². The maximum absolute atomic E-state index is 12.0. The average Bonchev–Trinajstić information content (AvgIpc) is 3.04. The van der Waals surface area contributed by atoms with Crippen LogP contribution in [0.5, 0.6) is 5.75 Å². The lowest BCUT2D eigenvalue weighted by molar-refractivity contribution is 0.412. The molecular weight excluding hydrogens is 316 g/mol. The third-order valence-corrected chi connectivity index (χ3v) is 3.85. The van der Waals surface area contributed by atoms with Gasteiger partial charge in [0.1, 0.15) is 5.75 Å². The van der Waals surface area contributed by atoms with Gasteiger partial charge in [-0.25, -0.2) is 4.68 Å². The van der Waals surface area contributed by atoms with Gasteiger partial charge < -0.3 is 9.30 Å². The molecule has 0 fully saturated rings. The number of aromatic nitrogens is 4. The lowest BCUT2D eigenvalue weighted by Gasteiger charge is -2.13. The minimum Gasteiger partial charge on any atom is -0.495 e. The molecule has 1 atom stereocenters. The molecule has 0 aromatic carbocycles. The van der Waals surface area contributed by atoms with Gasteiger partial charge in [-0.3, -0.25) is 9.78 Å². The van der Waals surface area contributed by atoms with Crippen molar-refractivity contribution in [2.45, 2.75) is 13.0 Å². The van der Waals surface area contributed by atoms with Crippen LogP contribution in [0.3, 0.4) is 0 Å². The first-order valence-corrected chi connectivity index (χ1v) is 7.38. The lowest BCUT2D eigenvalue weighted by atomic mass is 10.2.